The van der Waals surface area contributed by atoms with Crippen LogP contribution in [0.25, 0.3) is 11.3 Å². The number of fused-ring (bicyclic) bond motifs is 1. The third-order valence-corrected chi connectivity index (χ3v) is 4.90. The van der Waals surface area contributed by atoms with Crippen molar-refractivity contribution in [1.82, 2.24) is 14.9 Å². The predicted octanol–water partition coefficient (Wildman–Crippen LogP) is 3.66. The van der Waals surface area contributed by atoms with Gasteiger partial charge in [-0.2, -0.15) is 5.10 Å². The van der Waals surface area contributed by atoms with Crippen molar-refractivity contribution in [3.8, 4) is 11.3 Å². The summed E-state index contributed by atoms with van der Waals surface area (Å²) in [5, 5.41) is 11.6. The van der Waals surface area contributed by atoms with Crippen LogP contribution in [-0.4, -0.2) is 33.3 Å². The Morgan fingerprint density at radius 3 is 2.90 bits per heavy atom. The highest BCUT2D eigenvalue weighted by atomic mass is 35.5. The standard InChI is InChI=1S/C20H20ClN5O3/c1-13-10-19-25(8-3-9-26(19)23-13)20(28)7-6-17(27)22-18-12-16(24-29-18)14-4-2-5-15(21)11-14/h2,4-5,10-12H,3,6-9H2,1H3,(H,22,27). The van der Waals surface area contributed by atoms with Crippen molar-refractivity contribution in [2.24, 2.45) is 0 Å². The molecule has 0 radical (unpaired) electrons. The largest absolute Gasteiger partial charge is 0.338 e. The van der Waals surface area contributed by atoms with Crippen molar-refractivity contribution in [2.75, 3.05) is 16.8 Å². The summed E-state index contributed by atoms with van der Waals surface area (Å²) in [6.45, 7) is 3.33. The third kappa shape index (κ3) is 4.32. The molecular formula is C20H20ClN5O3. The molecule has 9 heteroatoms. The highest BCUT2D eigenvalue weighted by Crippen LogP contribution is 2.25. The molecule has 0 saturated heterocycles. The van der Waals surface area contributed by atoms with Crippen LogP contribution in [0.15, 0.2) is 40.9 Å². The molecule has 2 amide bonds. The number of aryl methyl sites for hydroxylation is 2. The van der Waals surface area contributed by atoms with Gasteiger partial charge in [0.2, 0.25) is 17.7 Å². The Hall–Kier alpha value is -3.13. The van der Waals surface area contributed by atoms with Gasteiger partial charge in [0.25, 0.3) is 0 Å². The van der Waals surface area contributed by atoms with Gasteiger partial charge in [0, 0.05) is 48.6 Å². The fourth-order valence-corrected chi connectivity index (χ4v) is 3.52. The maximum Gasteiger partial charge on any atom is 0.231 e. The van der Waals surface area contributed by atoms with Gasteiger partial charge < -0.3 is 4.52 Å². The Morgan fingerprint density at radius 1 is 1.21 bits per heavy atom. The number of nitrogens with one attached hydrogen (secondary N) is 1. The van der Waals surface area contributed by atoms with Gasteiger partial charge in [0.1, 0.15) is 11.5 Å². The second kappa shape index (κ2) is 8.08. The molecule has 1 aliphatic heterocycles. The number of carbonyl (C=O) groups excluding carboxylic acids is 2. The minimum Gasteiger partial charge on any atom is -0.338 e. The van der Waals surface area contributed by atoms with Crippen molar-refractivity contribution in [1.29, 1.82) is 0 Å². The maximum atomic E-state index is 12.6. The highest BCUT2D eigenvalue weighted by Gasteiger charge is 2.24. The average Bonchev–Trinajstić information content (AvgIpc) is 3.31. The van der Waals surface area contributed by atoms with E-state index in [-0.39, 0.29) is 30.5 Å². The van der Waals surface area contributed by atoms with Crippen LogP contribution in [0.5, 0.6) is 0 Å². The number of rotatable bonds is 5. The Labute approximate surface area is 172 Å². The summed E-state index contributed by atoms with van der Waals surface area (Å²) in [5.74, 6) is 0.608. The monoisotopic (exact) mass is 413 g/mol. The van der Waals surface area contributed by atoms with Gasteiger partial charge in [0.15, 0.2) is 0 Å². The second-order valence-electron chi connectivity index (χ2n) is 6.90. The first-order valence-electron chi connectivity index (χ1n) is 9.37. The molecule has 4 rings (SSSR count). The average molecular weight is 414 g/mol. The molecule has 2 aromatic heterocycles. The number of halogens is 1. The van der Waals surface area contributed by atoms with E-state index in [0.29, 0.717) is 17.3 Å². The first-order valence-corrected chi connectivity index (χ1v) is 9.75. The van der Waals surface area contributed by atoms with E-state index < -0.39 is 0 Å². The predicted molar refractivity (Wildman–Crippen MR) is 109 cm³/mol. The zero-order chi connectivity index (χ0) is 20.4. The van der Waals surface area contributed by atoms with Gasteiger partial charge in [-0.3, -0.25) is 19.8 Å². The molecule has 150 valence electrons. The van der Waals surface area contributed by atoms with E-state index in [1.54, 1.807) is 23.1 Å². The lowest BCUT2D eigenvalue weighted by Crippen LogP contribution is -2.37. The topological polar surface area (TPSA) is 93.3 Å². The van der Waals surface area contributed by atoms with E-state index >= 15 is 0 Å². The van der Waals surface area contributed by atoms with Crippen LogP contribution in [0.3, 0.4) is 0 Å². The van der Waals surface area contributed by atoms with Crippen LogP contribution in [0.2, 0.25) is 5.02 Å². The normalized spacial score (nSPS) is 13.2. The molecule has 1 N–H and O–H groups in total. The number of hydrogen-bond acceptors (Lipinski definition) is 5. The summed E-state index contributed by atoms with van der Waals surface area (Å²) < 4.78 is 7.01. The summed E-state index contributed by atoms with van der Waals surface area (Å²) >= 11 is 5.98. The lowest BCUT2D eigenvalue weighted by atomic mass is 10.1. The highest BCUT2D eigenvalue weighted by molar-refractivity contribution is 6.30. The van der Waals surface area contributed by atoms with Crippen molar-refractivity contribution in [3.05, 3.63) is 47.1 Å². The summed E-state index contributed by atoms with van der Waals surface area (Å²) in [6.07, 6.45) is 0.997. The van der Waals surface area contributed by atoms with Crippen LogP contribution in [0.1, 0.15) is 25.0 Å². The summed E-state index contributed by atoms with van der Waals surface area (Å²) in [7, 11) is 0. The van der Waals surface area contributed by atoms with Crippen molar-refractivity contribution in [2.45, 2.75) is 32.7 Å². The minimum absolute atomic E-state index is 0.0512. The Bertz CT molecular complexity index is 1060. The molecule has 0 bridgehead atoms. The number of nitrogens with zero attached hydrogens (tertiary/aromatic N) is 4. The molecular weight excluding hydrogens is 394 g/mol. The fraction of sp³-hybridized carbons (Fsp3) is 0.300. The molecule has 29 heavy (non-hydrogen) atoms. The number of amides is 2. The van der Waals surface area contributed by atoms with Crippen LogP contribution in [0, 0.1) is 6.92 Å². The van der Waals surface area contributed by atoms with Crippen LogP contribution >= 0.6 is 11.6 Å². The zero-order valence-corrected chi connectivity index (χ0v) is 16.6. The SMILES string of the molecule is Cc1cc2n(n1)CCCN2C(=O)CCC(=O)Nc1cc(-c2cccc(Cl)c2)no1. The van der Waals surface area contributed by atoms with E-state index in [2.05, 4.69) is 15.6 Å². The summed E-state index contributed by atoms with van der Waals surface area (Å²) in [4.78, 5) is 26.5. The lowest BCUT2D eigenvalue weighted by Gasteiger charge is -2.27. The molecule has 0 aliphatic carbocycles. The van der Waals surface area contributed by atoms with Gasteiger partial charge in [-0.05, 0) is 25.5 Å². The Kier molecular flexibility index (Phi) is 5.35. The zero-order valence-electron chi connectivity index (χ0n) is 15.9. The van der Waals surface area contributed by atoms with Crippen LogP contribution in [0.4, 0.5) is 11.7 Å². The number of aromatic nitrogens is 3. The maximum absolute atomic E-state index is 12.6. The fourth-order valence-electron chi connectivity index (χ4n) is 3.33. The van der Waals surface area contributed by atoms with Gasteiger partial charge in [0.05, 0.1) is 5.69 Å². The smallest absolute Gasteiger partial charge is 0.231 e. The molecule has 0 atom stereocenters. The molecule has 1 aliphatic rings. The molecule has 3 heterocycles. The number of anilines is 2. The Balaban J connectivity index is 1.33. The quantitative estimate of drug-likeness (QED) is 0.689. The van der Waals surface area contributed by atoms with Crippen LogP contribution < -0.4 is 10.2 Å². The molecule has 0 spiro atoms. The summed E-state index contributed by atoms with van der Waals surface area (Å²) in [5.41, 5.74) is 2.23. The van der Waals surface area contributed by atoms with Crippen molar-refractivity contribution < 1.29 is 14.1 Å². The third-order valence-electron chi connectivity index (χ3n) is 4.67. The van der Waals surface area contributed by atoms with Crippen molar-refractivity contribution >= 4 is 35.1 Å². The molecule has 1 aromatic carbocycles. The van der Waals surface area contributed by atoms with Gasteiger partial charge in [-0.25, -0.2) is 4.68 Å². The first-order chi connectivity index (χ1) is 14.0. The minimum atomic E-state index is -0.311. The van der Waals surface area contributed by atoms with E-state index in [9.17, 15) is 9.59 Å². The second-order valence-corrected chi connectivity index (χ2v) is 7.34. The van der Waals surface area contributed by atoms with E-state index in [1.807, 2.05) is 29.8 Å². The Morgan fingerprint density at radius 2 is 2.07 bits per heavy atom. The van der Waals surface area contributed by atoms with Crippen LogP contribution in [-0.2, 0) is 16.1 Å². The molecule has 0 fully saturated rings. The molecule has 0 unspecified atom stereocenters. The number of hydrogen-bond donors (Lipinski definition) is 1. The first kappa shape index (κ1) is 19.2. The van der Waals surface area contributed by atoms with E-state index in [4.69, 9.17) is 16.1 Å². The lowest BCUT2D eigenvalue weighted by molar-refractivity contribution is -0.122. The molecule has 8 nitrogen and oxygen atoms in total. The van der Waals surface area contributed by atoms with E-state index in [1.165, 1.54) is 0 Å². The van der Waals surface area contributed by atoms with E-state index in [0.717, 1.165) is 30.0 Å². The number of benzene rings is 1. The number of carbonyl (C=O) groups is 2. The van der Waals surface area contributed by atoms with Gasteiger partial charge >= 0.3 is 0 Å². The van der Waals surface area contributed by atoms with Gasteiger partial charge in [-0.1, -0.05) is 28.9 Å². The van der Waals surface area contributed by atoms with Gasteiger partial charge in [-0.15, -0.1) is 0 Å². The molecule has 0 saturated carbocycles. The van der Waals surface area contributed by atoms with Crippen molar-refractivity contribution in [3.63, 3.8) is 0 Å². The molecule has 3 aromatic rings. The summed E-state index contributed by atoms with van der Waals surface area (Å²) in [6, 6.07) is 10.7.